The highest BCUT2D eigenvalue weighted by Gasteiger charge is 2.24. The van der Waals surface area contributed by atoms with E-state index >= 15 is 0 Å². The van der Waals surface area contributed by atoms with Gasteiger partial charge >= 0.3 is 0 Å². The lowest BCUT2D eigenvalue weighted by Crippen LogP contribution is -2.18. The van der Waals surface area contributed by atoms with Crippen LogP contribution in [0.25, 0.3) is 17.4 Å². The highest BCUT2D eigenvalue weighted by Crippen LogP contribution is 2.31. The third-order valence-electron chi connectivity index (χ3n) is 4.19. The Kier molecular flexibility index (Phi) is 5.01. The normalized spacial score (nSPS) is 16.4. The maximum absolute atomic E-state index is 11.9. The number of hydrogen-bond acceptors (Lipinski definition) is 6. The van der Waals surface area contributed by atoms with Crippen molar-refractivity contribution in [1.29, 1.82) is 0 Å². The molecule has 1 amide bonds. The predicted octanol–water partition coefficient (Wildman–Crippen LogP) is 5.69. The van der Waals surface area contributed by atoms with Crippen LogP contribution in [0.15, 0.2) is 75.0 Å². The van der Waals surface area contributed by atoms with E-state index in [1.807, 2.05) is 31.2 Å². The molecule has 1 aromatic heterocycles. The average Bonchev–Trinajstić information content (AvgIpc) is 3.30. The Morgan fingerprint density at radius 1 is 1.07 bits per heavy atom. The Labute approximate surface area is 170 Å². The SMILES string of the molecule is Cc1ccc(N=C2NC(=O)S/C2=C\c2ccc(-c3ccc([N+](=O)[O-])cc3)o2)cc1. The van der Waals surface area contributed by atoms with Crippen molar-refractivity contribution in [3.8, 4) is 11.3 Å². The summed E-state index contributed by atoms with van der Waals surface area (Å²) in [6.45, 7) is 1.99. The quantitative estimate of drug-likeness (QED) is 0.444. The molecule has 0 aliphatic carbocycles. The smallest absolute Gasteiger partial charge is 0.289 e. The molecule has 1 aliphatic rings. The number of nitro benzene ring substituents is 1. The van der Waals surface area contributed by atoms with E-state index in [4.69, 9.17) is 4.42 Å². The number of amidine groups is 1. The fourth-order valence-corrected chi connectivity index (χ4v) is 3.44. The van der Waals surface area contributed by atoms with Gasteiger partial charge < -0.3 is 9.73 Å². The second kappa shape index (κ2) is 7.76. The minimum absolute atomic E-state index is 0.0200. The molecule has 0 bridgehead atoms. The largest absolute Gasteiger partial charge is 0.457 e. The minimum atomic E-state index is -0.446. The monoisotopic (exact) mass is 405 g/mol. The molecule has 0 atom stereocenters. The first-order valence-corrected chi connectivity index (χ1v) is 9.50. The van der Waals surface area contributed by atoms with Crippen LogP contribution in [0, 0.1) is 17.0 Å². The summed E-state index contributed by atoms with van der Waals surface area (Å²) in [4.78, 5) is 27.3. The fraction of sp³-hybridized carbons (Fsp3) is 0.0476. The van der Waals surface area contributed by atoms with E-state index in [2.05, 4.69) is 10.3 Å². The molecule has 2 heterocycles. The molecule has 1 fully saturated rings. The predicted molar refractivity (Wildman–Crippen MR) is 113 cm³/mol. The zero-order valence-corrected chi connectivity index (χ0v) is 16.1. The summed E-state index contributed by atoms with van der Waals surface area (Å²) in [7, 11) is 0. The molecule has 2 aromatic carbocycles. The number of nitro groups is 1. The van der Waals surface area contributed by atoms with Crippen molar-refractivity contribution in [3.63, 3.8) is 0 Å². The number of nitrogens with zero attached hydrogens (tertiary/aromatic N) is 2. The lowest BCUT2D eigenvalue weighted by molar-refractivity contribution is -0.384. The van der Waals surface area contributed by atoms with E-state index in [0.717, 1.165) is 28.6 Å². The molecule has 8 heteroatoms. The molecule has 1 N–H and O–H groups in total. The number of rotatable bonds is 4. The number of aryl methyl sites for hydroxylation is 1. The molecule has 0 unspecified atom stereocenters. The number of furan rings is 1. The van der Waals surface area contributed by atoms with Crippen molar-refractivity contribution in [2.75, 3.05) is 0 Å². The van der Waals surface area contributed by atoms with Gasteiger partial charge in [0.1, 0.15) is 17.4 Å². The van der Waals surface area contributed by atoms with Crippen LogP contribution in [0.5, 0.6) is 0 Å². The lowest BCUT2D eigenvalue weighted by atomic mass is 10.1. The van der Waals surface area contributed by atoms with E-state index in [1.165, 1.54) is 12.1 Å². The lowest BCUT2D eigenvalue weighted by Gasteiger charge is -2.00. The summed E-state index contributed by atoms with van der Waals surface area (Å²) in [5, 5.41) is 13.3. The molecule has 3 aromatic rings. The first-order valence-electron chi connectivity index (χ1n) is 8.69. The van der Waals surface area contributed by atoms with Crippen molar-refractivity contribution in [3.05, 3.63) is 87.0 Å². The van der Waals surface area contributed by atoms with Gasteiger partial charge in [0.2, 0.25) is 0 Å². The summed E-state index contributed by atoms with van der Waals surface area (Å²) in [6, 6.07) is 17.3. The van der Waals surface area contributed by atoms with Crippen molar-refractivity contribution >= 4 is 40.3 Å². The number of amides is 1. The summed E-state index contributed by atoms with van der Waals surface area (Å²) >= 11 is 1.05. The topological polar surface area (TPSA) is 97.7 Å². The van der Waals surface area contributed by atoms with Crippen LogP contribution in [0.2, 0.25) is 0 Å². The van der Waals surface area contributed by atoms with Crippen LogP contribution >= 0.6 is 11.8 Å². The molecule has 29 heavy (non-hydrogen) atoms. The molecule has 0 spiro atoms. The summed E-state index contributed by atoms with van der Waals surface area (Å²) in [5.74, 6) is 1.59. The van der Waals surface area contributed by atoms with Crippen LogP contribution in [0.4, 0.5) is 16.2 Å². The number of hydrogen-bond donors (Lipinski definition) is 1. The molecule has 1 saturated heterocycles. The Morgan fingerprint density at radius 3 is 2.48 bits per heavy atom. The Bertz CT molecular complexity index is 1150. The summed E-state index contributed by atoms with van der Waals surface area (Å²) < 4.78 is 5.83. The Hall–Kier alpha value is -3.65. The third-order valence-corrected chi connectivity index (χ3v) is 5.01. The van der Waals surface area contributed by atoms with E-state index in [1.54, 1.807) is 30.3 Å². The molecule has 0 saturated carbocycles. The second-order valence-corrected chi connectivity index (χ2v) is 7.34. The number of non-ortho nitro benzene ring substituents is 1. The van der Waals surface area contributed by atoms with Crippen molar-refractivity contribution in [2.45, 2.75) is 6.92 Å². The maximum atomic E-state index is 11.9. The highest BCUT2D eigenvalue weighted by molar-refractivity contribution is 8.18. The number of nitrogens with one attached hydrogen (secondary N) is 1. The van der Waals surface area contributed by atoms with Gasteiger partial charge in [-0.3, -0.25) is 14.9 Å². The third kappa shape index (κ3) is 4.27. The highest BCUT2D eigenvalue weighted by atomic mass is 32.2. The maximum Gasteiger partial charge on any atom is 0.289 e. The van der Waals surface area contributed by atoms with Gasteiger partial charge in [-0.15, -0.1) is 0 Å². The fourth-order valence-electron chi connectivity index (χ4n) is 2.72. The van der Waals surface area contributed by atoms with E-state index in [9.17, 15) is 14.9 Å². The zero-order chi connectivity index (χ0) is 20.4. The Morgan fingerprint density at radius 2 is 1.79 bits per heavy atom. The number of carbonyl (C=O) groups excluding carboxylic acids is 1. The van der Waals surface area contributed by atoms with Crippen molar-refractivity contribution in [1.82, 2.24) is 5.32 Å². The van der Waals surface area contributed by atoms with Gasteiger partial charge in [-0.1, -0.05) is 17.7 Å². The van der Waals surface area contributed by atoms with Crippen LogP contribution in [0.3, 0.4) is 0 Å². The van der Waals surface area contributed by atoms with Crippen LogP contribution < -0.4 is 5.32 Å². The molecule has 0 radical (unpaired) electrons. The summed E-state index contributed by atoms with van der Waals surface area (Å²) in [5.41, 5.74) is 2.61. The first-order chi connectivity index (χ1) is 14.0. The first kappa shape index (κ1) is 18.7. The van der Waals surface area contributed by atoms with Gasteiger partial charge in [-0.2, -0.15) is 0 Å². The molecular formula is C21H15N3O4S. The Balaban J connectivity index is 1.60. The molecular weight excluding hydrogens is 390 g/mol. The minimum Gasteiger partial charge on any atom is -0.457 e. The molecule has 144 valence electrons. The molecule has 4 rings (SSSR count). The van der Waals surface area contributed by atoms with Crippen LogP contribution in [-0.2, 0) is 0 Å². The summed E-state index contributed by atoms with van der Waals surface area (Å²) in [6.07, 6.45) is 1.74. The average molecular weight is 405 g/mol. The number of aliphatic imine (C=N–C) groups is 1. The van der Waals surface area contributed by atoms with Crippen molar-refractivity contribution in [2.24, 2.45) is 4.99 Å². The van der Waals surface area contributed by atoms with Crippen LogP contribution in [-0.4, -0.2) is 16.0 Å². The van der Waals surface area contributed by atoms with Gasteiger partial charge in [0, 0.05) is 17.7 Å². The van der Waals surface area contributed by atoms with Gasteiger partial charge in [0.15, 0.2) is 0 Å². The number of thioether (sulfide) groups is 1. The van der Waals surface area contributed by atoms with Crippen molar-refractivity contribution < 1.29 is 14.1 Å². The van der Waals surface area contributed by atoms with Crippen LogP contribution in [0.1, 0.15) is 11.3 Å². The zero-order valence-electron chi connectivity index (χ0n) is 15.3. The van der Waals surface area contributed by atoms with Gasteiger partial charge in [-0.25, -0.2) is 4.99 Å². The number of carbonyl (C=O) groups is 1. The van der Waals surface area contributed by atoms with E-state index in [0.29, 0.717) is 22.3 Å². The van der Waals surface area contributed by atoms with E-state index in [-0.39, 0.29) is 10.9 Å². The van der Waals surface area contributed by atoms with Gasteiger partial charge in [0.25, 0.3) is 10.9 Å². The standard InChI is InChI=1S/C21H15N3O4S/c1-13-2-6-15(7-3-13)22-20-19(29-21(25)23-20)12-17-10-11-18(28-17)14-4-8-16(9-5-14)24(26)27/h2-12H,1H3,(H,22,23,25)/b19-12-. The second-order valence-electron chi connectivity index (χ2n) is 6.33. The molecule has 1 aliphatic heterocycles. The van der Waals surface area contributed by atoms with Gasteiger partial charge in [0.05, 0.1) is 15.5 Å². The number of benzene rings is 2. The van der Waals surface area contributed by atoms with Gasteiger partial charge in [-0.05, 0) is 61.2 Å². The molecule has 7 nitrogen and oxygen atoms in total. The van der Waals surface area contributed by atoms with E-state index < -0.39 is 4.92 Å².